The molecule has 0 radical (unpaired) electrons. The van der Waals surface area contributed by atoms with Gasteiger partial charge in [-0.1, -0.05) is 0 Å². The third-order valence-corrected chi connectivity index (χ3v) is 4.46. The molecule has 0 atom stereocenters. The van der Waals surface area contributed by atoms with Gasteiger partial charge in [0.1, 0.15) is 0 Å². The van der Waals surface area contributed by atoms with Crippen LogP contribution >= 0.6 is 11.3 Å². The average molecular weight is 281 g/mol. The van der Waals surface area contributed by atoms with Crippen LogP contribution in [0, 0.1) is 13.8 Å². The van der Waals surface area contributed by atoms with Crippen LogP contribution in [0.4, 0.5) is 0 Å². The molecule has 1 aliphatic heterocycles. The van der Waals surface area contributed by atoms with E-state index in [-0.39, 0.29) is 11.8 Å². The Bertz CT molecular complexity index is 498. The van der Waals surface area contributed by atoms with Gasteiger partial charge < -0.3 is 9.80 Å². The molecule has 0 N–H and O–H groups in total. The molecule has 2 heterocycles. The van der Waals surface area contributed by atoms with Crippen LogP contribution in [0.25, 0.3) is 0 Å². The topological polar surface area (TPSA) is 53.5 Å². The number of likely N-dealkylation sites (N-methyl/N-ethyl adjacent to an activating group) is 1. The van der Waals surface area contributed by atoms with Crippen LogP contribution in [0.15, 0.2) is 0 Å². The van der Waals surface area contributed by atoms with E-state index in [1.165, 1.54) is 0 Å². The Labute approximate surface area is 117 Å². The molecule has 2 rings (SSSR count). The van der Waals surface area contributed by atoms with Gasteiger partial charge in [-0.05, 0) is 13.8 Å². The van der Waals surface area contributed by atoms with Gasteiger partial charge >= 0.3 is 0 Å². The van der Waals surface area contributed by atoms with Crippen LogP contribution in [0.3, 0.4) is 0 Å². The van der Waals surface area contributed by atoms with Gasteiger partial charge in [0, 0.05) is 38.0 Å². The fourth-order valence-electron chi connectivity index (χ4n) is 2.16. The van der Waals surface area contributed by atoms with E-state index in [0.717, 1.165) is 15.6 Å². The normalized spacial score (nSPS) is 16.7. The summed E-state index contributed by atoms with van der Waals surface area (Å²) in [6, 6.07) is 0. The molecule has 6 heteroatoms. The molecule has 0 bridgehead atoms. The number of hydrogen-bond donors (Lipinski definition) is 0. The summed E-state index contributed by atoms with van der Waals surface area (Å²) >= 11 is 1.58. The molecular formula is C13H19N3O2S. The Hall–Kier alpha value is -1.43. The summed E-state index contributed by atoms with van der Waals surface area (Å²) in [4.78, 5) is 32.7. The lowest BCUT2D eigenvalue weighted by Gasteiger charge is -2.20. The van der Waals surface area contributed by atoms with Gasteiger partial charge in [-0.3, -0.25) is 9.59 Å². The molecule has 104 valence electrons. The van der Waals surface area contributed by atoms with E-state index in [4.69, 9.17) is 0 Å². The fraction of sp³-hybridized carbons (Fsp3) is 0.615. The van der Waals surface area contributed by atoms with E-state index in [9.17, 15) is 9.59 Å². The monoisotopic (exact) mass is 281 g/mol. The average Bonchev–Trinajstić information content (AvgIpc) is 2.55. The van der Waals surface area contributed by atoms with Crippen molar-refractivity contribution < 1.29 is 9.59 Å². The molecule has 1 saturated heterocycles. The van der Waals surface area contributed by atoms with Crippen molar-refractivity contribution in [3.63, 3.8) is 0 Å². The summed E-state index contributed by atoms with van der Waals surface area (Å²) in [5.74, 6) is 0.204. The number of thiazole rings is 1. The Balaban J connectivity index is 2.00. The molecule has 1 fully saturated rings. The molecule has 0 aromatic carbocycles. The van der Waals surface area contributed by atoms with Gasteiger partial charge in [0.15, 0.2) is 0 Å². The second-order valence-electron chi connectivity index (χ2n) is 4.86. The van der Waals surface area contributed by atoms with E-state index in [1.807, 2.05) is 13.8 Å². The van der Waals surface area contributed by atoms with Crippen LogP contribution in [0.2, 0.25) is 0 Å². The number of hydrogen-bond acceptors (Lipinski definition) is 4. The minimum atomic E-state index is 0.0925. The largest absolute Gasteiger partial charge is 0.344 e. The van der Waals surface area contributed by atoms with Crippen LogP contribution < -0.4 is 0 Å². The number of carbonyl (C=O) groups excluding carboxylic acids is 2. The zero-order valence-corrected chi connectivity index (χ0v) is 12.4. The van der Waals surface area contributed by atoms with Crippen LogP contribution in [-0.2, 0) is 16.0 Å². The molecule has 1 aliphatic rings. The second-order valence-corrected chi connectivity index (χ2v) is 6.15. The van der Waals surface area contributed by atoms with Crippen molar-refractivity contribution in [2.24, 2.45) is 0 Å². The first-order valence-electron chi connectivity index (χ1n) is 6.42. The lowest BCUT2D eigenvalue weighted by atomic mass is 10.2. The highest BCUT2D eigenvalue weighted by atomic mass is 32.1. The summed E-state index contributed by atoms with van der Waals surface area (Å²) in [6.07, 6.45) is 0.818. The van der Waals surface area contributed by atoms with Crippen LogP contribution in [-0.4, -0.2) is 53.3 Å². The Morgan fingerprint density at radius 3 is 2.68 bits per heavy atom. The van der Waals surface area contributed by atoms with Gasteiger partial charge in [-0.25, -0.2) is 4.98 Å². The molecule has 0 saturated carbocycles. The Morgan fingerprint density at radius 2 is 2.05 bits per heavy atom. The molecule has 0 spiro atoms. The maximum absolute atomic E-state index is 12.3. The number of aryl methyl sites for hydroxylation is 2. The minimum absolute atomic E-state index is 0.0925. The van der Waals surface area contributed by atoms with Gasteiger partial charge in [-0.2, -0.15) is 0 Å². The maximum Gasteiger partial charge on any atom is 0.227 e. The maximum atomic E-state index is 12.3. The van der Waals surface area contributed by atoms with E-state index < -0.39 is 0 Å². The quantitative estimate of drug-likeness (QED) is 0.812. The second kappa shape index (κ2) is 5.69. The van der Waals surface area contributed by atoms with Gasteiger partial charge in [0.05, 0.1) is 17.1 Å². The number of aromatic nitrogens is 1. The number of amides is 2. The van der Waals surface area contributed by atoms with Gasteiger partial charge in [-0.15, -0.1) is 11.3 Å². The number of nitrogens with zero attached hydrogens (tertiary/aromatic N) is 3. The number of rotatable bonds is 2. The molecule has 2 amide bonds. The van der Waals surface area contributed by atoms with Crippen molar-refractivity contribution in [3.8, 4) is 0 Å². The van der Waals surface area contributed by atoms with Gasteiger partial charge in [0.2, 0.25) is 11.8 Å². The van der Waals surface area contributed by atoms with E-state index in [1.54, 1.807) is 28.2 Å². The molecule has 5 nitrogen and oxygen atoms in total. The third-order valence-electron chi connectivity index (χ3n) is 3.39. The first-order valence-corrected chi connectivity index (χ1v) is 7.23. The van der Waals surface area contributed by atoms with Gasteiger partial charge in [0.25, 0.3) is 0 Å². The summed E-state index contributed by atoms with van der Waals surface area (Å²) in [7, 11) is 1.78. The summed E-state index contributed by atoms with van der Waals surface area (Å²) in [6.45, 7) is 5.65. The van der Waals surface area contributed by atoms with Crippen molar-refractivity contribution in [2.75, 3.05) is 26.7 Å². The standard InChI is InChI=1S/C13H19N3O2S/c1-9-11(19-10(2)14-9)8-13(18)16-5-4-12(17)15(3)6-7-16/h4-8H2,1-3H3. The first kappa shape index (κ1) is 14.0. The molecule has 19 heavy (non-hydrogen) atoms. The lowest BCUT2D eigenvalue weighted by Crippen LogP contribution is -2.35. The van der Waals surface area contributed by atoms with Crippen LogP contribution in [0.5, 0.6) is 0 Å². The first-order chi connectivity index (χ1) is 8.97. The summed E-state index contributed by atoms with van der Waals surface area (Å²) < 4.78 is 0. The molecular weight excluding hydrogens is 262 g/mol. The molecule has 0 aliphatic carbocycles. The summed E-state index contributed by atoms with van der Waals surface area (Å²) in [5, 5.41) is 0.992. The minimum Gasteiger partial charge on any atom is -0.344 e. The van der Waals surface area contributed by atoms with Crippen LogP contribution in [0.1, 0.15) is 22.0 Å². The predicted molar refractivity (Wildman–Crippen MR) is 74.1 cm³/mol. The summed E-state index contributed by atoms with van der Waals surface area (Å²) in [5.41, 5.74) is 0.943. The van der Waals surface area contributed by atoms with Crippen molar-refractivity contribution in [2.45, 2.75) is 26.7 Å². The van der Waals surface area contributed by atoms with Crippen molar-refractivity contribution in [1.82, 2.24) is 14.8 Å². The lowest BCUT2D eigenvalue weighted by molar-refractivity contribution is -0.130. The SMILES string of the molecule is Cc1nc(C)c(CC(=O)N2CCC(=O)N(C)CC2)s1. The fourth-order valence-corrected chi connectivity index (χ4v) is 3.09. The zero-order valence-electron chi connectivity index (χ0n) is 11.6. The molecule has 0 unspecified atom stereocenters. The Kier molecular flexibility index (Phi) is 4.19. The van der Waals surface area contributed by atoms with E-state index >= 15 is 0 Å². The highest BCUT2D eigenvalue weighted by molar-refractivity contribution is 7.11. The van der Waals surface area contributed by atoms with Crippen molar-refractivity contribution >= 4 is 23.2 Å². The highest BCUT2D eigenvalue weighted by Gasteiger charge is 2.22. The van der Waals surface area contributed by atoms with Crippen molar-refractivity contribution in [1.29, 1.82) is 0 Å². The van der Waals surface area contributed by atoms with Crippen molar-refractivity contribution in [3.05, 3.63) is 15.6 Å². The number of carbonyl (C=O) groups is 2. The zero-order chi connectivity index (χ0) is 14.0. The van der Waals surface area contributed by atoms with E-state index in [0.29, 0.717) is 32.5 Å². The Morgan fingerprint density at radius 1 is 1.32 bits per heavy atom. The predicted octanol–water partition coefficient (Wildman–Crippen LogP) is 0.993. The third kappa shape index (κ3) is 3.32. The smallest absolute Gasteiger partial charge is 0.227 e. The highest BCUT2D eigenvalue weighted by Crippen LogP contribution is 2.18. The molecule has 1 aromatic rings. The molecule has 1 aromatic heterocycles. The van der Waals surface area contributed by atoms with E-state index in [2.05, 4.69) is 4.98 Å².